The fourth-order valence-corrected chi connectivity index (χ4v) is 3.34. The first-order valence-corrected chi connectivity index (χ1v) is 9.35. The number of nitrogens with zero attached hydrogens (tertiary/aromatic N) is 1. The highest BCUT2D eigenvalue weighted by molar-refractivity contribution is 9.10. The summed E-state index contributed by atoms with van der Waals surface area (Å²) in [5, 5.41) is 0. The van der Waals surface area contributed by atoms with Gasteiger partial charge in [0.1, 0.15) is 0 Å². The lowest BCUT2D eigenvalue weighted by atomic mass is 10.0. The van der Waals surface area contributed by atoms with Gasteiger partial charge in [0.2, 0.25) is 0 Å². The van der Waals surface area contributed by atoms with Gasteiger partial charge in [0.05, 0.1) is 18.3 Å². The third kappa shape index (κ3) is 3.68. The van der Waals surface area contributed by atoms with Gasteiger partial charge in [0.25, 0.3) is 5.91 Å². The van der Waals surface area contributed by atoms with E-state index in [1.54, 1.807) is 37.3 Å². The number of hydrogen-bond donors (Lipinski definition) is 0. The predicted octanol–water partition coefficient (Wildman–Crippen LogP) is 4.53. The zero-order valence-electron chi connectivity index (χ0n) is 15.7. The molecule has 0 fully saturated rings. The average Bonchev–Trinajstić information content (AvgIpc) is 2.93. The molecule has 5 nitrogen and oxygen atoms in total. The van der Waals surface area contributed by atoms with Gasteiger partial charge in [-0.1, -0.05) is 40.2 Å². The minimum atomic E-state index is -0.584. The van der Waals surface area contributed by atoms with Gasteiger partial charge in [0.15, 0.2) is 5.78 Å². The fourth-order valence-electron chi connectivity index (χ4n) is 3.08. The summed E-state index contributed by atoms with van der Waals surface area (Å²) in [6.45, 7) is 3.15. The molecule has 1 heterocycles. The van der Waals surface area contributed by atoms with Crippen molar-refractivity contribution in [2.75, 3.05) is 12.0 Å². The number of esters is 1. The van der Waals surface area contributed by atoms with Crippen LogP contribution in [0.3, 0.4) is 0 Å². The van der Waals surface area contributed by atoms with E-state index in [0.717, 1.165) is 10.0 Å². The molecule has 3 rings (SSSR count). The van der Waals surface area contributed by atoms with Gasteiger partial charge in [0, 0.05) is 21.4 Å². The third-order valence-electron chi connectivity index (χ3n) is 4.48. The predicted molar refractivity (Wildman–Crippen MR) is 111 cm³/mol. The summed E-state index contributed by atoms with van der Waals surface area (Å²) in [5.74, 6) is -1.03. The van der Waals surface area contributed by atoms with Crippen molar-refractivity contribution in [3.8, 4) is 0 Å². The molecule has 2 aromatic rings. The summed E-state index contributed by atoms with van der Waals surface area (Å²) < 4.78 is 5.82. The van der Waals surface area contributed by atoms with Crippen LogP contribution in [0.25, 0.3) is 6.08 Å². The molecule has 0 aromatic heterocycles. The van der Waals surface area contributed by atoms with Crippen LogP contribution in [-0.2, 0) is 14.3 Å². The van der Waals surface area contributed by atoms with Crippen LogP contribution in [0.15, 0.2) is 69.8 Å². The molecule has 0 saturated carbocycles. The Hall–Kier alpha value is -2.99. The summed E-state index contributed by atoms with van der Waals surface area (Å²) in [6.07, 6.45) is 1.67. The number of benzene rings is 2. The molecule has 0 N–H and O–H groups in total. The number of anilines is 1. The van der Waals surface area contributed by atoms with Crippen molar-refractivity contribution in [3.63, 3.8) is 0 Å². The van der Waals surface area contributed by atoms with E-state index in [-0.39, 0.29) is 22.8 Å². The van der Waals surface area contributed by atoms with Crippen LogP contribution in [-0.4, -0.2) is 24.8 Å². The maximum Gasteiger partial charge on any atom is 0.340 e. The van der Waals surface area contributed by atoms with Crippen molar-refractivity contribution in [2.45, 2.75) is 13.8 Å². The Labute approximate surface area is 171 Å². The Morgan fingerprint density at radius 1 is 1.11 bits per heavy atom. The molecule has 28 heavy (non-hydrogen) atoms. The summed E-state index contributed by atoms with van der Waals surface area (Å²) >= 11 is 3.38. The lowest BCUT2D eigenvalue weighted by molar-refractivity contribution is -0.136. The number of carbonyl (C=O) groups is 3. The van der Waals surface area contributed by atoms with Crippen LogP contribution in [0, 0.1) is 0 Å². The molecule has 2 aromatic carbocycles. The van der Waals surface area contributed by atoms with Gasteiger partial charge in [-0.15, -0.1) is 0 Å². The molecule has 0 bridgehead atoms. The van der Waals surface area contributed by atoms with Crippen LogP contribution in [0.2, 0.25) is 0 Å². The first-order valence-electron chi connectivity index (χ1n) is 8.55. The van der Waals surface area contributed by atoms with Gasteiger partial charge < -0.3 is 4.74 Å². The molecule has 1 aliphatic rings. The second-order valence-electron chi connectivity index (χ2n) is 6.31. The van der Waals surface area contributed by atoms with Gasteiger partial charge >= 0.3 is 5.97 Å². The number of Topliss-reactive ketones (excluding diaryl/α,β-unsaturated/α-hetero) is 1. The first-order chi connectivity index (χ1) is 13.3. The van der Waals surface area contributed by atoms with Gasteiger partial charge in [-0.25, -0.2) is 4.79 Å². The van der Waals surface area contributed by atoms with E-state index in [1.165, 1.54) is 18.9 Å². The molecule has 142 valence electrons. The Morgan fingerprint density at radius 2 is 1.79 bits per heavy atom. The van der Waals surface area contributed by atoms with Gasteiger partial charge in [-0.05, 0) is 49.8 Å². The van der Waals surface area contributed by atoms with Crippen molar-refractivity contribution >= 4 is 45.4 Å². The maximum absolute atomic E-state index is 13.2. The molecule has 0 saturated heterocycles. The SMILES string of the molecule is COC(=O)C1=C(C)N(c2cccc(C(C)=O)c2)C(=O)/C1=C\c1ccc(Br)cc1. The maximum atomic E-state index is 13.2. The van der Waals surface area contributed by atoms with Crippen molar-refractivity contribution in [1.29, 1.82) is 0 Å². The molecule has 6 heteroatoms. The van der Waals surface area contributed by atoms with Gasteiger partial charge in [-0.3, -0.25) is 14.5 Å². The minimum Gasteiger partial charge on any atom is -0.465 e. The van der Waals surface area contributed by atoms with Crippen molar-refractivity contribution in [1.82, 2.24) is 0 Å². The second kappa shape index (κ2) is 7.94. The smallest absolute Gasteiger partial charge is 0.340 e. The minimum absolute atomic E-state index is 0.103. The molecular formula is C22H18BrNO4. The van der Waals surface area contributed by atoms with Crippen LogP contribution >= 0.6 is 15.9 Å². The van der Waals surface area contributed by atoms with Crippen molar-refractivity contribution in [2.24, 2.45) is 0 Å². The molecule has 0 atom stereocenters. The van der Waals surface area contributed by atoms with Crippen molar-refractivity contribution in [3.05, 3.63) is 81.0 Å². The quantitative estimate of drug-likeness (QED) is 0.398. The largest absolute Gasteiger partial charge is 0.465 e. The summed E-state index contributed by atoms with van der Waals surface area (Å²) in [5.41, 5.74) is 2.71. The Morgan fingerprint density at radius 3 is 2.39 bits per heavy atom. The molecule has 0 spiro atoms. The molecule has 1 aliphatic heterocycles. The standard InChI is InChI=1S/C22H18BrNO4/c1-13-20(22(27)28-3)19(11-15-7-9-17(23)10-8-15)21(26)24(13)18-6-4-5-16(12-18)14(2)25/h4-12H,1-3H3/b19-11-. The number of carbonyl (C=O) groups excluding carboxylic acids is 3. The normalized spacial score (nSPS) is 15.4. The fraction of sp³-hybridized carbons (Fsp3) is 0.136. The van der Waals surface area contributed by atoms with E-state index in [1.807, 2.05) is 24.3 Å². The number of halogens is 1. The number of ketones is 1. The van der Waals surface area contributed by atoms with Crippen LogP contribution < -0.4 is 4.90 Å². The molecule has 0 radical (unpaired) electrons. The highest BCUT2D eigenvalue weighted by Gasteiger charge is 2.38. The summed E-state index contributed by atoms with van der Waals surface area (Å²) in [4.78, 5) is 38.8. The highest BCUT2D eigenvalue weighted by atomic mass is 79.9. The Bertz CT molecular complexity index is 1030. The molecule has 0 unspecified atom stereocenters. The second-order valence-corrected chi connectivity index (χ2v) is 7.22. The highest BCUT2D eigenvalue weighted by Crippen LogP contribution is 2.35. The van der Waals surface area contributed by atoms with Crippen LogP contribution in [0.4, 0.5) is 5.69 Å². The first kappa shape index (κ1) is 19.8. The zero-order valence-corrected chi connectivity index (χ0v) is 17.2. The van der Waals surface area contributed by atoms with Crippen LogP contribution in [0.1, 0.15) is 29.8 Å². The zero-order chi connectivity index (χ0) is 20.4. The lowest BCUT2D eigenvalue weighted by Crippen LogP contribution is -2.24. The average molecular weight is 440 g/mol. The Balaban J connectivity index is 2.14. The van der Waals surface area contributed by atoms with E-state index >= 15 is 0 Å². The van der Waals surface area contributed by atoms with E-state index < -0.39 is 5.97 Å². The van der Waals surface area contributed by atoms with E-state index in [0.29, 0.717) is 16.9 Å². The van der Waals surface area contributed by atoms with Gasteiger partial charge in [-0.2, -0.15) is 0 Å². The number of rotatable bonds is 4. The lowest BCUT2D eigenvalue weighted by Gasteiger charge is -2.18. The molecule has 1 amide bonds. The number of amides is 1. The number of methoxy groups -OCH3 is 1. The Kier molecular flexibility index (Phi) is 5.61. The number of hydrogen-bond acceptors (Lipinski definition) is 4. The summed E-state index contributed by atoms with van der Waals surface area (Å²) in [7, 11) is 1.28. The topological polar surface area (TPSA) is 63.7 Å². The number of allylic oxidation sites excluding steroid dienone is 1. The third-order valence-corrected chi connectivity index (χ3v) is 5.01. The number of ether oxygens (including phenoxy) is 1. The molecule has 0 aliphatic carbocycles. The van der Waals surface area contributed by atoms with E-state index in [2.05, 4.69) is 15.9 Å². The van der Waals surface area contributed by atoms with Crippen LogP contribution in [0.5, 0.6) is 0 Å². The monoisotopic (exact) mass is 439 g/mol. The molecular weight excluding hydrogens is 422 g/mol. The van der Waals surface area contributed by atoms with Crippen molar-refractivity contribution < 1.29 is 19.1 Å². The summed E-state index contributed by atoms with van der Waals surface area (Å²) in [6, 6.07) is 14.2. The van der Waals surface area contributed by atoms with E-state index in [9.17, 15) is 14.4 Å². The van der Waals surface area contributed by atoms with E-state index in [4.69, 9.17) is 4.74 Å².